The number of anilines is 1. The second-order valence-corrected chi connectivity index (χ2v) is 11.2. The van der Waals surface area contributed by atoms with E-state index >= 15 is 0 Å². The van der Waals surface area contributed by atoms with Gasteiger partial charge in [0.2, 0.25) is 0 Å². The van der Waals surface area contributed by atoms with Gasteiger partial charge in [0, 0.05) is 33.3 Å². The van der Waals surface area contributed by atoms with Crippen LogP contribution in [0.25, 0.3) is 5.00 Å². The molecule has 2 aromatic carbocycles. The zero-order valence-electron chi connectivity index (χ0n) is 20.5. The summed E-state index contributed by atoms with van der Waals surface area (Å²) in [6.07, 6.45) is 8.93. The number of rotatable bonds is 4. The van der Waals surface area contributed by atoms with Crippen molar-refractivity contribution in [3.05, 3.63) is 94.1 Å². The molecule has 5 nitrogen and oxygen atoms in total. The Hall–Kier alpha value is -3.16. The lowest BCUT2D eigenvalue weighted by Gasteiger charge is -2.31. The van der Waals surface area contributed by atoms with Crippen molar-refractivity contribution >= 4 is 34.8 Å². The monoisotopic (exact) mass is 515 g/mol. The third-order valence-electron chi connectivity index (χ3n) is 7.19. The van der Waals surface area contributed by atoms with Crippen molar-refractivity contribution in [2.24, 2.45) is 0 Å². The summed E-state index contributed by atoms with van der Waals surface area (Å²) in [6.45, 7) is 0.577. The number of methoxy groups -OCH3 is 1. The molecule has 0 unspecified atom stereocenters. The maximum Gasteiger partial charge on any atom is 0.322 e. The Labute approximate surface area is 220 Å². The third kappa shape index (κ3) is 4.10. The van der Waals surface area contributed by atoms with Gasteiger partial charge in [0.1, 0.15) is 10.8 Å². The number of hydrogen-bond acceptors (Lipinski definition) is 4. The molecule has 0 saturated heterocycles. The van der Waals surface area contributed by atoms with Gasteiger partial charge >= 0.3 is 6.03 Å². The van der Waals surface area contributed by atoms with E-state index in [1.165, 1.54) is 38.7 Å². The van der Waals surface area contributed by atoms with E-state index in [0.717, 1.165) is 35.5 Å². The number of hydrogen-bond donors (Lipinski definition) is 1. The van der Waals surface area contributed by atoms with E-state index in [2.05, 4.69) is 58.7 Å². The summed E-state index contributed by atoms with van der Waals surface area (Å²) >= 11 is 3.64. The predicted molar refractivity (Wildman–Crippen MR) is 148 cm³/mol. The van der Waals surface area contributed by atoms with Crippen LogP contribution in [0.1, 0.15) is 46.1 Å². The topological polar surface area (TPSA) is 46.5 Å². The van der Waals surface area contributed by atoms with E-state index in [1.54, 1.807) is 18.9 Å². The van der Waals surface area contributed by atoms with Crippen LogP contribution < -0.4 is 10.1 Å². The lowest BCUT2D eigenvalue weighted by molar-refractivity contribution is 0.194. The molecule has 184 valence electrons. The second kappa shape index (κ2) is 9.71. The largest absolute Gasteiger partial charge is 0.497 e. The molecule has 0 saturated carbocycles. The van der Waals surface area contributed by atoms with Crippen molar-refractivity contribution in [1.29, 1.82) is 0 Å². The maximum absolute atomic E-state index is 14.0. The van der Waals surface area contributed by atoms with Crippen molar-refractivity contribution < 1.29 is 9.53 Å². The molecule has 2 amide bonds. The van der Waals surface area contributed by atoms with Crippen LogP contribution in [0, 0.1) is 0 Å². The fraction of sp³-hybridized carbons (Fsp3) is 0.276. The number of benzene rings is 2. The summed E-state index contributed by atoms with van der Waals surface area (Å²) in [4.78, 5) is 18.7. The van der Waals surface area contributed by atoms with Crippen molar-refractivity contribution in [3.63, 3.8) is 0 Å². The van der Waals surface area contributed by atoms with Gasteiger partial charge in [-0.1, -0.05) is 18.2 Å². The molecule has 0 bridgehead atoms. The van der Waals surface area contributed by atoms with Crippen LogP contribution in [0.2, 0.25) is 0 Å². The number of aromatic nitrogens is 1. The van der Waals surface area contributed by atoms with Crippen LogP contribution in [0.5, 0.6) is 5.75 Å². The minimum Gasteiger partial charge on any atom is -0.497 e. The maximum atomic E-state index is 14.0. The van der Waals surface area contributed by atoms with E-state index in [0.29, 0.717) is 6.54 Å². The molecule has 0 fully saturated rings. The van der Waals surface area contributed by atoms with E-state index < -0.39 is 0 Å². The van der Waals surface area contributed by atoms with Crippen LogP contribution in [-0.2, 0) is 19.4 Å². The van der Waals surface area contributed by atoms with Crippen LogP contribution in [0.15, 0.2) is 71.8 Å². The van der Waals surface area contributed by atoms with Crippen LogP contribution in [0.4, 0.5) is 10.5 Å². The third-order valence-corrected chi connectivity index (χ3v) is 9.27. The summed E-state index contributed by atoms with van der Waals surface area (Å²) in [5.41, 5.74) is 5.71. The van der Waals surface area contributed by atoms with Crippen LogP contribution >= 0.6 is 23.1 Å². The smallest absolute Gasteiger partial charge is 0.322 e. The minimum atomic E-state index is -0.208. The number of thiophene rings is 1. The van der Waals surface area contributed by atoms with Gasteiger partial charge in [0.15, 0.2) is 0 Å². The zero-order valence-corrected chi connectivity index (χ0v) is 22.1. The van der Waals surface area contributed by atoms with E-state index in [4.69, 9.17) is 4.74 Å². The number of ether oxygens (including phenoxy) is 1. The molecule has 0 radical (unpaired) electrons. The van der Waals surface area contributed by atoms with Crippen molar-refractivity contribution in [2.45, 2.75) is 43.2 Å². The molecule has 3 heterocycles. The van der Waals surface area contributed by atoms with Crippen LogP contribution in [-0.4, -0.2) is 28.9 Å². The first-order valence-electron chi connectivity index (χ1n) is 12.3. The Balaban J connectivity index is 1.47. The molecule has 7 heteroatoms. The standard InChI is InChI=1S/C29H29N3O2S2/c1-34-21-8-5-7-20(17-21)30-29(33)32-18-24-23-9-3-4-11-26(23)36-28(24)31-16-6-10-25(31)27(32)19-12-14-22(35-2)15-13-19/h5-8,10,12-17,27H,3-4,9,11,18H2,1-2H3,(H,30,33)/t27-/m0/s1. The van der Waals surface area contributed by atoms with Gasteiger partial charge in [-0.05, 0) is 79.5 Å². The van der Waals surface area contributed by atoms with Crippen molar-refractivity contribution in [1.82, 2.24) is 9.47 Å². The quantitative estimate of drug-likeness (QED) is 0.290. The first-order chi connectivity index (χ1) is 17.7. The lowest BCUT2D eigenvalue weighted by atomic mass is 9.95. The highest BCUT2D eigenvalue weighted by atomic mass is 32.2. The Kier molecular flexibility index (Phi) is 6.27. The van der Waals surface area contributed by atoms with Gasteiger partial charge in [-0.2, -0.15) is 0 Å². The zero-order chi connectivity index (χ0) is 24.6. The average molecular weight is 516 g/mol. The molecule has 1 atom stereocenters. The van der Waals surface area contributed by atoms with Gasteiger partial charge < -0.3 is 19.5 Å². The van der Waals surface area contributed by atoms with Gasteiger partial charge in [0.25, 0.3) is 0 Å². The molecule has 1 N–H and O–H groups in total. The number of amides is 2. The van der Waals surface area contributed by atoms with Crippen LogP contribution in [0.3, 0.4) is 0 Å². The highest BCUT2D eigenvalue weighted by molar-refractivity contribution is 7.98. The second-order valence-electron chi connectivity index (χ2n) is 9.26. The molecular formula is C29H29N3O2S2. The molecule has 1 aliphatic heterocycles. The Morgan fingerprint density at radius 2 is 1.89 bits per heavy atom. The Bertz CT molecular complexity index is 1410. The van der Waals surface area contributed by atoms with Crippen molar-refractivity contribution in [3.8, 4) is 10.8 Å². The molecule has 36 heavy (non-hydrogen) atoms. The van der Waals surface area contributed by atoms with Crippen molar-refractivity contribution in [2.75, 3.05) is 18.7 Å². The SMILES string of the molecule is COc1cccc(NC(=O)N2Cc3c(sc4c3CCCC4)-n3cccc3[C@@H]2c2ccc(SC)cc2)c1. The molecule has 2 aromatic heterocycles. The van der Waals surface area contributed by atoms with Gasteiger partial charge in [-0.15, -0.1) is 23.1 Å². The summed E-state index contributed by atoms with van der Waals surface area (Å²) < 4.78 is 7.70. The summed E-state index contributed by atoms with van der Waals surface area (Å²) in [5, 5.41) is 4.43. The first kappa shape index (κ1) is 23.3. The van der Waals surface area contributed by atoms with Gasteiger partial charge in [-0.25, -0.2) is 4.79 Å². The number of urea groups is 1. The highest BCUT2D eigenvalue weighted by Crippen LogP contribution is 2.44. The minimum absolute atomic E-state index is 0.112. The number of carbonyl (C=O) groups is 1. The molecule has 0 spiro atoms. The molecular weight excluding hydrogens is 486 g/mol. The summed E-state index contributed by atoms with van der Waals surface area (Å²) in [5.74, 6) is 0.718. The number of nitrogens with zero attached hydrogens (tertiary/aromatic N) is 2. The fourth-order valence-corrected chi connectivity index (χ4v) is 7.23. The molecule has 4 aromatic rings. The van der Waals surface area contributed by atoms with Gasteiger partial charge in [-0.3, -0.25) is 0 Å². The normalized spacial score (nSPS) is 16.5. The lowest BCUT2D eigenvalue weighted by Crippen LogP contribution is -2.38. The number of thioether (sulfide) groups is 1. The summed E-state index contributed by atoms with van der Waals surface area (Å²) in [6, 6.07) is 20.1. The van der Waals surface area contributed by atoms with E-state index in [1.807, 2.05) is 40.5 Å². The fourth-order valence-electron chi connectivity index (χ4n) is 5.42. The van der Waals surface area contributed by atoms with E-state index in [9.17, 15) is 4.79 Å². The number of carbonyl (C=O) groups excluding carboxylic acids is 1. The predicted octanol–water partition coefficient (Wildman–Crippen LogP) is 7.29. The summed E-state index contributed by atoms with van der Waals surface area (Å²) in [7, 11) is 1.64. The first-order valence-corrected chi connectivity index (χ1v) is 14.4. The number of fused-ring (bicyclic) bond motifs is 5. The Morgan fingerprint density at radius 3 is 2.69 bits per heavy atom. The molecule has 6 rings (SSSR count). The molecule has 2 aliphatic rings. The highest BCUT2D eigenvalue weighted by Gasteiger charge is 2.36. The number of nitrogens with one attached hydrogen (secondary N) is 1. The van der Waals surface area contributed by atoms with E-state index in [-0.39, 0.29) is 12.1 Å². The Morgan fingerprint density at radius 1 is 1.06 bits per heavy atom. The number of aryl methyl sites for hydroxylation is 1. The average Bonchev–Trinajstić information content (AvgIpc) is 3.51. The molecule has 1 aliphatic carbocycles. The van der Waals surface area contributed by atoms with Gasteiger partial charge in [0.05, 0.1) is 25.4 Å².